The van der Waals surface area contributed by atoms with Crippen molar-refractivity contribution in [3.05, 3.63) is 52.3 Å². The molecule has 0 saturated carbocycles. The summed E-state index contributed by atoms with van der Waals surface area (Å²) in [5.74, 6) is -1.30. The van der Waals surface area contributed by atoms with Crippen molar-refractivity contribution in [2.75, 3.05) is 0 Å². The molecule has 136 valence electrons. The lowest BCUT2D eigenvalue weighted by atomic mass is 10.2. The molecule has 0 aliphatic rings. The van der Waals surface area contributed by atoms with Gasteiger partial charge in [-0.1, -0.05) is 12.1 Å². The van der Waals surface area contributed by atoms with E-state index in [1.807, 2.05) is 14.0 Å². The van der Waals surface area contributed by atoms with Crippen molar-refractivity contribution >= 4 is 33.4 Å². The van der Waals surface area contributed by atoms with Gasteiger partial charge in [0.05, 0.1) is 5.69 Å². The van der Waals surface area contributed by atoms with E-state index in [1.54, 1.807) is 22.9 Å². The third-order valence-corrected chi connectivity index (χ3v) is 5.11. The normalized spacial score (nSPS) is 12.2. The molecule has 1 N–H and O–H groups in total. The maximum Gasteiger partial charge on any atom is 0.349 e. The van der Waals surface area contributed by atoms with Crippen molar-refractivity contribution in [3.63, 3.8) is 0 Å². The Hall–Kier alpha value is -2.74. The second kappa shape index (κ2) is 7.25. The number of aryl methyl sites for hydroxylation is 2. The number of rotatable bonds is 5. The molecule has 1 aromatic carbocycles. The van der Waals surface area contributed by atoms with Crippen molar-refractivity contribution in [1.29, 1.82) is 0 Å². The number of fused-ring (bicyclic) bond motifs is 1. The van der Waals surface area contributed by atoms with Crippen LogP contribution in [0.3, 0.4) is 0 Å². The maximum absolute atomic E-state index is 12.9. The molecule has 1 atom stereocenters. The van der Waals surface area contributed by atoms with Gasteiger partial charge in [0, 0.05) is 19.0 Å². The zero-order valence-electron chi connectivity index (χ0n) is 14.6. The summed E-state index contributed by atoms with van der Waals surface area (Å²) >= 11 is 1.28. The van der Waals surface area contributed by atoms with E-state index in [9.17, 15) is 14.0 Å². The lowest BCUT2D eigenvalue weighted by molar-refractivity contribution is -0.129. The van der Waals surface area contributed by atoms with E-state index in [1.165, 1.54) is 30.4 Å². The third kappa shape index (κ3) is 3.75. The molecule has 0 radical (unpaired) electrons. The minimum Gasteiger partial charge on any atom is -0.448 e. The molecule has 3 aromatic rings. The van der Waals surface area contributed by atoms with Crippen LogP contribution in [0.1, 0.15) is 27.9 Å². The molecule has 2 heterocycles. The van der Waals surface area contributed by atoms with Crippen molar-refractivity contribution in [2.45, 2.75) is 26.5 Å². The number of esters is 1. The van der Waals surface area contributed by atoms with Gasteiger partial charge in [-0.3, -0.25) is 9.48 Å². The first-order chi connectivity index (χ1) is 12.3. The number of ether oxygens (including phenoxy) is 1. The average molecular weight is 375 g/mol. The summed E-state index contributed by atoms with van der Waals surface area (Å²) in [7, 11) is 1.81. The van der Waals surface area contributed by atoms with Gasteiger partial charge < -0.3 is 10.1 Å². The molecular weight excluding hydrogens is 357 g/mol. The second-order valence-electron chi connectivity index (χ2n) is 5.93. The van der Waals surface area contributed by atoms with Gasteiger partial charge in [0.15, 0.2) is 6.10 Å². The SMILES string of the molecule is Cc1nn(C)c2sc(C(=O)OC(C)C(=O)NCc3ccc(F)cc3)cc12. The standard InChI is InChI=1S/C18H18FN3O3S/c1-10-14-8-15(26-17(14)22(3)21-10)18(24)25-11(2)16(23)20-9-12-4-6-13(19)7-5-12/h4-8,11H,9H2,1-3H3,(H,20,23). The summed E-state index contributed by atoms with van der Waals surface area (Å²) < 4.78 is 19.8. The highest BCUT2D eigenvalue weighted by Crippen LogP contribution is 2.28. The maximum atomic E-state index is 12.9. The van der Waals surface area contributed by atoms with Gasteiger partial charge >= 0.3 is 5.97 Å². The molecule has 0 aliphatic carbocycles. The number of halogens is 1. The molecule has 0 bridgehead atoms. The van der Waals surface area contributed by atoms with E-state index in [4.69, 9.17) is 4.74 Å². The van der Waals surface area contributed by atoms with Crippen molar-refractivity contribution in [3.8, 4) is 0 Å². The molecule has 8 heteroatoms. The largest absolute Gasteiger partial charge is 0.448 e. The summed E-state index contributed by atoms with van der Waals surface area (Å²) in [6, 6.07) is 7.54. The predicted octanol–water partition coefficient (Wildman–Crippen LogP) is 2.94. The number of carbonyl (C=O) groups is 2. The van der Waals surface area contributed by atoms with Gasteiger partial charge in [-0.2, -0.15) is 5.10 Å². The Balaban J connectivity index is 1.59. The number of aromatic nitrogens is 2. The first kappa shape index (κ1) is 18.1. The average Bonchev–Trinajstić information content (AvgIpc) is 3.16. The molecule has 1 unspecified atom stereocenters. The van der Waals surface area contributed by atoms with Crippen LogP contribution >= 0.6 is 11.3 Å². The molecule has 0 fully saturated rings. The minimum atomic E-state index is -0.938. The number of benzene rings is 1. The summed E-state index contributed by atoms with van der Waals surface area (Å²) in [6.07, 6.45) is -0.938. The predicted molar refractivity (Wildman–Crippen MR) is 96.5 cm³/mol. The number of hydrogen-bond acceptors (Lipinski definition) is 5. The lowest BCUT2D eigenvalue weighted by Gasteiger charge is -2.13. The van der Waals surface area contributed by atoms with Crippen LogP contribution in [0.25, 0.3) is 10.2 Å². The zero-order valence-corrected chi connectivity index (χ0v) is 15.4. The Bertz CT molecular complexity index is 928. The Labute approximate surface area is 153 Å². The Morgan fingerprint density at radius 2 is 2.04 bits per heavy atom. The van der Waals surface area contributed by atoms with Crippen LogP contribution in [-0.2, 0) is 23.1 Å². The highest BCUT2D eigenvalue weighted by Gasteiger charge is 2.21. The Kier molecular flexibility index (Phi) is 5.03. The quantitative estimate of drug-likeness (QED) is 0.696. The number of thiophene rings is 1. The Morgan fingerprint density at radius 1 is 1.35 bits per heavy atom. The van der Waals surface area contributed by atoms with Crippen molar-refractivity contribution in [1.82, 2.24) is 15.1 Å². The fourth-order valence-electron chi connectivity index (χ4n) is 2.51. The first-order valence-electron chi connectivity index (χ1n) is 8.01. The van der Waals surface area contributed by atoms with Crippen LogP contribution in [0.4, 0.5) is 4.39 Å². The molecule has 0 saturated heterocycles. The van der Waals surface area contributed by atoms with Crippen LogP contribution < -0.4 is 5.32 Å². The van der Waals surface area contributed by atoms with Gasteiger partial charge in [-0.25, -0.2) is 9.18 Å². The minimum absolute atomic E-state index is 0.231. The number of nitrogens with one attached hydrogen (secondary N) is 1. The van der Waals surface area contributed by atoms with Crippen LogP contribution in [-0.4, -0.2) is 27.8 Å². The molecule has 0 spiro atoms. The number of hydrogen-bond donors (Lipinski definition) is 1. The smallest absolute Gasteiger partial charge is 0.349 e. The number of nitrogens with zero attached hydrogens (tertiary/aromatic N) is 2. The van der Waals surface area contributed by atoms with Gasteiger partial charge in [-0.15, -0.1) is 11.3 Å². The molecular formula is C18H18FN3O3S. The van der Waals surface area contributed by atoms with E-state index in [2.05, 4.69) is 10.4 Å². The van der Waals surface area contributed by atoms with Gasteiger partial charge in [0.25, 0.3) is 5.91 Å². The van der Waals surface area contributed by atoms with Crippen LogP contribution in [0.5, 0.6) is 0 Å². The molecule has 3 rings (SSSR count). The van der Waals surface area contributed by atoms with E-state index in [0.717, 1.165) is 21.5 Å². The number of amides is 1. The van der Waals surface area contributed by atoms with E-state index in [-0.39, 0.29) is 12.4 Å². The fraction of sp³-hybridized carbons (Fsp3) is 0.278. The van der Waals surface area contributed by atoms with Gasteiger partial charge in [-0.05, 0) is 37.6 Å². The number of carbonyl (C=O) groups excluding carboxylic acids is 2. The molecule has 1 amide bonds. The third-order valence-electron chi connectivity index (χ3n) is 3.93. The summed E-state index contributed by atoms with van der Waals surface area (Å²) in [4.78, 5) is 25.7. The highest BCUT2D eigenvalue weighted by molar-refractivity contribution is 7.20. The summed E-state index contributed by atoms with van der Waals surface area (Å²) in [5.41, 5.74) is 1.59. The fourth-order valence-corrected chi connectivity index (χ4v) is 3.52. The highest BCUT2D eigenvalue weighted by atomic mass is 32.1. The topological polar surface area (TPSA) is 73.2 Å². The van der Waals surface area contributed by atoms with Crippen LogP contribution in [0.15, 0.2) is 30.3 Å². The monoisotopic (exact) mass is 375 g/mol. The lowest BCUT2D eigenvalue weighted by Crippen LogP contribution is -2.35. The first-order valence-corrected chi connectivity index (χ1v) is 8.83. The molecule has 2 aromatic heterocycles. The molecule has 6 nitrogen and oxygen atoms in total. The van der Waals surface area contributed by atoms with E-state index in [0.29, 0.717) is 4.88 Å². The second-order valence-corrected chi connectivity index (χ2v) is 6.96. The molecule has 0 aliphatic heterocycles. The van der Waals surface area contributed by atoms with Crippen molar-refractivity contribution in [2.24, 2.45) is 7.05 Å². The van der Waals surface area contributed by atoms with E-state index < -0.39 is 18.0 Å². The van der Waals surface area contributed by atoms with Crippen molar-refractivity contribution < 1.29 is 18.7 Å². The van der Waals surface area contributed by atoms with Gasteiger partial charge in [0.2, 0.25) is 0 Å². The Morgan fingerprint density at radius 3 is 2.69 bits per heavy atom. The summed E-state index contributed by atoms with van der Waals surface area (Å²) in [6.45, 7) is 3.61. The van der Waals surface area contributed by atoms with E-state index >= 15 is 0 Å². The molecule has 26 heavy (non-hydrogen) atoms. The zero-order chi connectivity index (χ0) is 18.8. The van der Waals surface area contributed by atoms with Crippen LogP contribution in [0.2, 0.25) is 0 Å². The summed E-state index contributed by atoms with van der Waals surface area (Å²) in [5, 5.41) is 7.85. The van der Waals surface area contributed by atoms with Gasteiger partial charge in [0.1, 0.15) is 15.5 Å². The van der Waals surface area contributed by atoms with Crippen LogP contribution in [0, 0.1) is 12.7 Å².